The zero-order valence-corrected chi connectivity index (χ0v) is 10.9. The molecule has 1 aromatic rings. The number of carbonyl (C=O) groups is 1. The van der Waals surface area contributed by atoms with E-state index in [1.165, 1.54) is 0 Å². The van der Waals surface area contributed by atoms with Crippen molar-refractivity contribution in [2.45, 2.75) is 39.3 Å². The predicted octanol–water partition coefficient (Wildman–Crippen LogP) is 2.02. The Morgan fingerprint density at radius 2 is 2.29 bits per heavy atom. The van der Waals surface area contributed by atoms with Crippen LogP contribution in [0.2, 0.25) is 0 Å². The molecule has 0 fully saturated rings. The highest BCUT2D eigenvalue weighted by Gasteiger charge is 2.09. The first-order valence-corrected chi connectivity index (χ1v) is 6.08. The molecule has 0 aromatic carbocycles. The largest absolute Gasteiger partial charge is 0.472 e. The number of carbonyl (C=O) groups excluding carboxylic acids is 1. The molecule has 1 amide bonds. The summed E-state index contributed by atoms with van der Waals surface area (Å²) in [6.45, 7) is 5.72. The Bertz CT molecular complexity index is 320. The highest BCUT2D eigenvalue weighted by molar-refractivity contribution is 5.75. The van der Waals surface area contributed by atoms with Gasteiger partial charge in [-0.15, -0.1) is 0 Å². The summed E-state index contributed by atoms with van der Waals surface area (Å²) in [5.41, 5.74) is 1.03. The van der Waals surface area contributed by atoms with Crippen molar-refractivity contribution in [3.63, 3.8) is 0 Å². The summed E-state index contributed by atoms with van der Waals surface area (Å²) in [5, 5.41) is 3.30. The molecule has 0 aliphatic heterocycles. The lowest BCUT2D eigenvalue weighted by Gasteiger charge is -2.16. The molecule has 1 heterocycles. The van der Waals surface area contributed by atoms with Crippen molar-refractivity contribution in [3.05, 3.63) is 24.2 Å². The second kappa shape index (κ2) is 7.12. The van der Waals surface area contributed by atoms with Crippen molar-refractivity contribution in [1.82, 2.24) is 10.2 Å². The van der Waals surface area contributed by atoms with Gasteiger partial charge in [0.15, 0.2) is 0 Å². The molecular formula is C13H22N2O2. The van der Waals surface area contributed by atoms with Crippen molar-refractivity contribution in [2.24, 2.45) is 0 Å². The SMILES string of the molecule is CC(C)NCCCC(=O)N(C)Cc1ccoc1. The molecule has 0 saturated carbocycles. The van der Waals surface area contributed by atoms with E-state index >= 15 is 0 Å². The van der Waals surface area contributed by atoms with E-state index in [0.29, 0.717) is 19.0 Å². The molecule has 0 atom stereocenters. The summed E-state index contributed by atoms with van der Waals surface area (Å²) in [4.78, 5) is 13.5. The van der Waals surface area contributed by atoms with Crippen LogP contribution in [-0.4, -0.2) is 30.4 Å². The second-order valence-corrected chi connectivity index (χ2v) is 4.59. The van der Waals surface area contributed by atoms with Gasteiger partial charge in [0, 0.05) is 31.6 Å². The van der Waals surface area contributed by atoms with Crippen molar-refractivity contribution in [1.29, 1.82) is 0 Å². The summed E-state index contributed by atoms with van der Waals surface area (Å²) in [6.07, 6.45) is 4.77. The zero-order valence-electron chi connectivity index (χ0n) is 10.9. The summed E-state index contributed by atoms with van der Waals surface area (Å²) >= 11 is 0. The minimum Gasteiger partial charge on any atom is -0.472 e. The van der Waals surface area contributed by atoms with Crippen LogP contribution in [0.4, 0.5) is 0 Å². The topological polar surface area (TPSA) is 45.5 Å². The Kier molecular flexibility index (Phi) is 5.77. The molecule has 1 rings (SSSR count). The van der Waals surface area contributed by atoms with E-state index in [4.69, 9.17) is 4.42 Å². The number of hydrogen-bond acceptors (Lipinski definition) is 3. The third-order valence-corrected chi connectivity index (χ3v) is 2.55. The van der Waals surface area contributed by atoms with Gasteiger partial charge < -0.3 is 14.6 Å². The standard InChI is InChI=1S/C13H22N2O2/c1-11(2)14-7-4-5-13(16)15(3)9-12-6-8-17-10-12/h6,8,10-11,14H,4-5,7,9H2,1-3H3. The van der Waals surface area contributed by atoms with Gasteiger partial charge in [0.2, 0.25) is 5.91 Å². The van der Waals surface area contributed by atoms with Crippen LogP contribution < -0.4 is 5.32 Å². The first-order chi connectivity index (χ1) is 8.09. The van der Waals surface area contributed by atoms with Crippen LogP contribution in [0.3, 0.4) is 0 Å². The van der Waals surface area contributed by atoms with Crippen LogP contribution in [0.15, 0.2) is 23.0 Å². The summed E-state index contributed by atoms with van der Waals surface area (Å²) in [5.74, 6) is 0.178. The lowest BCUT2D eigenvalue weighted by Crippen LogP contribution is -2.28. The Balaban J connectivity index is 2.18. The maximum atomic E-state index is 11.8. The van der Waals surface area contributed by atoms with Crippen molar-refractivity contribution in [2.75, 3.05) is 13.6 Å². The minimum atomic E-state index is 0.178. The lowest BCUT2D eigenvalue weighted by atomic mass is 10.2. The molecule has 17 heavy (non-hydrogen) atoms. The molecular weight excluding hydrogens is 216 g/mol. The van der Waals surface area contributed by atoms with Gasteiger partial charge in [-0.1, -0.05) is 13.8 Å². The average Bonchev–Trinajstić information content (AvgIpc) is 2.76. The van der Waals surface area contributed by atoms with Crippen LogP contribution in [0.1, 0.15) is 32.3 Å². The summed E-state index contributed by atoms with van der Waals surface area (Å²) < 4.78 is 4.97. The lowest BCUT2D eigenvalue weighted by molar-refractivity contribution is -0.130. The fourth-order valence-electron chi connectivity index (χ4n) is 1.57. The molecule has 0 spiro atoms. The van der Waals surface area contributed by atoms with Crippen molar-refractivity contribution in [3.8, 4) is 0 Å². The number of nitrogens with one attached hydrogen (secondary N) is 1. The van der Waals surface area contributed by atoms with Crippen molar-refractivity contribution >= 4 is 5.91 Å². The Hall–Kier alpha value is -1.29. The molecule has 0 aliphatic carbocycles. The molecule has 0 radical (unpaired) electrons. The fraction of sp³-hybridized carbons (Fsp3) is 0.615. The van der Waals surface area contributed by atoms with E-state index in [-0.39, 0.29) is 5.91 Å². The van der Waals surface area contributed by atoms with Gasteiger partial charge in [-0.2, -0.15) is 0 Å². The van der Waals surface area contributed by atoms with Gasteiger partial charge in [-0.25, -0.2) is 0 Å². The monoisotopic (exact) mass is 238 g/mol. The first kappa shape index (κ1) is 13.8. The number of amides is 1. The molecule has 4 nitrogen and oxygen atoms in total. The highest BCUT2D eigenvalue weighted by Crippen LogP contribution is 2.05. The van der Waals surface area contributed by atoms with E-state index in [2.05, 4.69) is 19.2 Å². The average molecular weight is 238 g/mol. The van der Waals surface area contributed by atoms with E-state index in [1.54, 1.807) is 17.4 Å². The van der Waals surface area contributed by atoms with Gasteiger partial charge in [-0.05, 0) is 19.0 Å². The molecule has 0 bridgehead atoms. The van der Waals surface area contributed by atoms with E-state index < -0.39 is 0 Å². The Labute approximate surface area is 103 Å². The third-order valence-electron chi connectivity index (χ3n) is 2.55. The second-order valence-electron chi connectivity index (χ2n) is 4.59. The molecule has 96 valence electrons. The van der Waals surface area contributed by atoms with Gasteiger partial charge in [0.1, 0.15) is 0 Å². The number of nitrogens with zero attached hydrogens (tertiary/aromatic N) is 1. The Morgan fingerprint density at radius 1 is 1.53 bits per heavy atom. The van der Waals surface area contributed by atoms with Crippen LogP contribution in [0, 0.1) is 0 Å². The Morgan fingerprint density at radius 3 is 2.88 bits per heavy atom. The molecule has 1 N–H and O–H groups in total. The molecule has 1 aromatic heterocycles. The minimum absolute atomic E-state index is 0.178. The molecule has 0 unspecified atom stereocenters. The van der Waals surface area contributed by atoms with Gasteiger partial charge in [-0.3, -0.25) is 4.79 Å². The van der Waals surface area contributed by atoms with Crippen LogP contribution in [0.5, 0.6) is 0 Å². The normalized spacial score (nSPS) is 10.8. The van der Waals surface area contributed by atoms with Gasteiger partial charge in [0.25, 0.3) is 0 Å². The first-order valence-electron chi connectivity index (χ1n) is 6.08. The molecule has 0 saturated heterocycles. The smallest absolute Gasteiger partial charge is 0.222 e. The summed E-state index contributed by atoms with van der Waals surface area (Å²) in [6, 6.07) is 2.36. The van der Waals surface area contributed by atoms with E-state index in [0.717, 1.165) is 18.5 Å². The van der Waals surface area contributed by atoms with Gasteiger partial charge >= 0.3 is 0 Å². The molecule has 0 aliphatic rings. The number of hydrogen-bond donors (Lipinski definition) is 1. The maximum absolute atomic E-state index is 11.8. The fourth-order valence-corrected chi connectivity index (χ4v) is 1.57. The predicted molar refractivity (Wildman–Crippen MR) is 67.6 cm³/mol. The van der Waals surface area contributed by atoms with Crippen LogP contribution in [0.25, 0.3) is 0 Å². The van der Waals surface area contributed by atoms with Crippen LogP contribution >= 0.6 is 0 Å². The zero-order chi connectivity index (χ0) is 12.7. The maximum Gasteiger partial charge on any atom is 0.222 e. The third kappa shape index (κ3) is 5.54. The highest BCUT2D eigenvalue weighted by atomic mass is 16.3. The number of rotatable bonds is 7. The van der Waals surface area contributed by atoms with Gasteiger partial charge in [0.05, 0.1) is 12.5 Å². The molecule has 4 heteroatoms. The summed E-state index contributed by atoms with van der Waals surface area (Å²) in [7, 11) is 1.82. The quantitative estimate of drug-likeness (QED) is 0.739. The van der Waals surface area contributed by atoms with Crippen LogP contribution in [-0.2, 0) is 11.3 Å². The number of furan rings is 1. The van der Waals surface area contributed by atoms with E-state index in [1.807, 2.05) is 13.1 Å². The van der Waals surface area contributed by atoms with Crippen molar-refractivity contribution < 1.29 is 9.21 Å². The van der Waals surface area contributed by atoms with E-state index in [9.17, 15) is 4.79 Å².